The molecule has 96 valence electrons. The number of hydrogen-bond donors (Lipinski definition) is 1. The Morgan fingerprint density at radius 1 is 1.33 bits per heavy atom. The van der Waals surface area contributed by atoms with Crippen molar-refractivity contribution >= 4 is 0 Å². The Morgan fingerprint density at radius 3 is 2.94 bits per heavy atom. The van der Waals surface area contributed by atoms with Crippen molar-refractivity contribution in [3.63, 3.8) is 0 Å². The second-order valence-corrected chi connectivity index (χ2v) is 4.47. The normalized spacial score (nSPS) is 12.6. The van der Waals surface area contributed by atoms with E-state index in [9.17, 15) is 0 Å². The van der Waals surface area contributed by atoms with E-state index in [-0.39, 0.29) is 0 Å². The minimum absolute atomic E-state index is 0.295. The van der Waals surface area contributed by atoms with E-state index in [1.54, 1.807) is 6.20 Å². The molecule has 0 aliphatic heterocycles. The van der Waals surface area contributed by atoms with Gasteiger partial charge in [0, 0.05) is 37.7 Å². The van der Waals surface area contributed by atoms with Gasteiger partial charge in [-0.1, -0.05) is 13.0 Å². The molecule has 0 radical (unpaired) electrons. The predicted octanol–water partition coefficient (Wildman–Crippen LogP) is 2.54. The van der Waals surface area contributed by atoms with Gasteiger partial charge in [0.2, 0.25) is 0 Å². The van der Waals surface area contributed by atoms with Gasteiger partial charge in [0.1, 0.15) is 0 Å². The second-order valence-electron chi connectivity index (χ2n) is 4.47. The summed E-state index contributed by atoms with van der Waals surface area (Å²) in [6, 6.07) is 4.35. The maximum Gasteiger partial charge on any atom is 0.0948 e. The molecule has 4 nitrogen and oxygen atoms in total. The fraction of sp³-hybridized carbons (Fsp3) is 0.429. The van der Waals surface area contributed by atoms with Gasteiger partial charge in [0.25, 0.3) is 0 Å². The van der Waals surface area contributed by atoms with E-state index in [1.165, 1.54) is 11.3 Å². The molecule has 2 rings (SSSR count). The Balaban J connectivity index is 1.93. The summed E-state index contributed by atoms with van der Waals surface area (Å²) in [4.78, 5) is 8.34. The molecule has 0 amide bonds. The average molecular weight is 244 g/mol. The monoisotopic (exact) mass is 244 g/mol. The summed E-state index contributed by atoms with van der Waals surface area (Å²) in [7, 11) is 0. The first-order chi connectivity index (χ1) is 8.81. The first-order valence-electron chi connectivity index (χ1n) is 6.43. The number of aromatic nitrogens is 3. The predicted molar refractivity (Wildman–Crippen MR) is 72.0 cm³/mol. The Hall–Kier alpha value is -1.68. The van der Waals surface area contributed by atoms with Crippen molar-refractivity contribution in [2.75, 3.05) is 0 Å². The van der Waals surface area contributed by atoms with Crippen LogP contribution >= 0.6 is 0 Å². The van der Waals surface area contributed by atoms with E-state index in [1.807, 2.05) is 24.8 Å². The van der Waals surface area contributed by atoms with Gasteiger partial charge in [-0.25, -0.2) is 4.98 Å². The highest BCUT2D eigenvalue weighted by Gasteiger charge is 2.06. The van der Waals surface area contributed by atoms with E-state index >= 15 is 0 Å². The lowest BCUT2D eigenvalue weighted by molar-refractivity contribution is 0.540. The second kappa shape index (κ2) is 6.31. The number of aryl methyl sites for hydroxylation is 1. The molecule has 0 unspecified atom stereocenters. The van der Waals surface area contributed by atoms with Crippen LogP contribution in [0.1, 0.15) is 37.6 Å². The standard InChI is InChI=1S/C14H20N4/c1-3-7-18-11-16-9-14(18)10-17-12(2)13-5-4-6-15-8-13/h4-6,8-9,11-12,17H,3,7,10H2,1-2H3/t12-/m0/s1. The number of pyridine rings is 1. The first kappa shape index (κ1) is 12.8. The highest BCUT2D eigenvalue weighted by Crippen LogP contribution is 2.11. The molecule has 0 spiro atoms. The van der Waals surface area contributed by atoms with Crippen LogP contribution in [0.15, 0.2) is 37.1 Å². The lowest BCUT2D eigenvalue weighted by Gasteiger charge is -2.14. The van der Waals surface area contributed by atoms with Crippen molar-refractivity contribution in [1.82, 2.24) is 19.9 Å². The molecular formula is C14H20N4. The Kier molecular flexibility index (Phi) is 4.47. The zero-order chi connectivity index (χ0) is 12.8. The van der Waals surface area contributed by atoms with E-state index in [0.717, 1.165) is 19.5 Å². The molecule has 2 heterocycles. The summed E-state index contributed by atoms with van der Waals surface area (Å²) in [5.41, 5.74) is 2.44. The summed E-state index contributed by atoms with van der Waals surface area (Å²) >= 11 is 0. The maximum absolute atomic E-state index is 4.20. The van der Waals surface area contributed by atoms with Crippen LogP contribution in [0.25, 0.3) is 0 Å². The van der Waals surface area contributed by atoms with Gasteiger partial charge in [-0.15, -0.1) is 0 Å². The third-order valence-electron chi connectivity index (χ3n) is 3.04. The quantitative estimate of drug-likeness (QED) is 0.849. The SMILES string of the molecule is CCCn1cncc1CN[C@@H](C)c1cccnc1. The summed E-state index contributed by atoms with van der Waals surface area (Å²) < 4.78 is 2.20. The molecule has 0 saturated heterocycles. The molecule has 0 saturated carbocycles. The van der Waals surface area contributed by atoms with Crippen LogP contribution in [-0.4, -0.2) is 14.5 Å². The molecule has 0 bridgehead atoms. The van der Waals surface area contributed by atoms with Crippen LogP contribution in [0.5, 0.6) is 0 Å². The smallest absolute Gasteiger partial charge is 0.0948 e. The topological polar surface area (TPSA) is 42.7 Å². The van der Waals surface area contributed by atoms with Crippen molar-refractivity contribution in [3.8, 4) is 0 Å². The molecule has 18 heavy (non-hydrogen) atoms. The van der Waals surface area contributed by atoms with Crippen LogP contribution in [0.3, 0.4) is 0 Å². The number of imidazole rings is 1. The molecule has 0 aliphatic carbocycles. The van der Waals surface area contributed by atoms with Crippen molar-refractivity contribution in [3.05, 3.63) is 48.3 Å². The molecule has 0 fully saturated rings. The van der Waals surface area contributed by atoms with Gasteiger partial charge in [-0.3, -0.25) is 4.98 Å². The highest BCUT2D eigenvalue weighted by atomic mass is 15.1. The summed E-state index contributed by atoms with van der Waals surface area (Å²) in [5, 5.41) is 3.50. The van der Waals surface area contributed by atoms with Crippen LogP contribution in [0.4, 0.5) is 0 Å². The fourth-order valence-corrected chi connectivity index (χ4v) is 1.95. The van der Waals surface area contributed by atoms with Crippen molar-refractivity contribution in [2.24, 2.45) is 0 Å². The van der Waals surface area contributed by atoms with Crippen molar-refractivity contribution in [1.29, 1.82) is 0 Å². The number of rotatable bonds is 6. The Morgan fingerprint density at radius 2 is 2.22 bits per heavy atom. The summed E-state index contributed by atoms with van der Waals surface area (Å²) in [5.74, 6) is 0. The molecule has 4 heteroatoms. The van der Waals surface area contributed by atoms with E-state index in [2.05, 4.69) is 39.8 Å². The van der Waals surface area contributed by atoms with Gasteiger partial charge in [-0.05, 0) is 25.0 Å². The zero-order valence-electron chi connectivity index (χ0n) is 11.0. The van der Waals surface area contributed by atoms with Gasteiger partial charge < -0.3 is 9.88 Å². The molecular weight excluding hydrogens is 224 g/mol. The van der Waals surface area contributed by atoms with E-state index < -0.39 is 0 Å². The molecule has 2 aromatic heterocycles. The Bertz CT molecular complexity index is 464. The van der Waals surface area contributed by atoms with Crippen molar-refractivity contribution < 1.29 is 0 Å². The third kappa shape index (κ3) is 3.17. The van der Waals surface area contributed by atoms with Gasteiger partial charge in [0.15, 0.2) is 0 Å². The van der Waals surface area contributed by atoms with Crippen LogP contribution < -0.4 is 5.32 Å². The van der Waals surface area contributed by atoms with Crippen LogP contribution in [0.2, 0.25) is 0 Å². The van der Waals surface area contributed by atoms with Crippen LogP contribution in [-0.2, 0) is 13.1 Å². The minimum Gasteiger partial charge on any atom is -0.333 e. The molecule has 2 aromatic rings. The van der Waals surface area contributed by atoms with E-state index in [0.29, 0.717) is 6.04 Å². The zero-order valence-corrected chi connectivity index (χ0v) is 11.0. The third-order valence-corrected chi connectivity index (χ3v) is 3.04. The number of nitrogens with one attached hydrogen (secondary N) is 1. The largest absolute Gasteiger partial charge is 0.333 e. The minimum atomic E-state index is 0.295. The lowest BCUT2D eigenvalue weighted by Crippen LogP contribution is -2.20. The van der Waals surface area contributed by atoms with Gasteiger partial charge in [-0.2, -0.15) is 0 Å². The number of hydrogen-bond acceptors (Lipinski definition) is 3. The summed E-state index contributed by atoms with van der Waals surface area (Å²) in [6.45, 7) is 6.18. The Labute approximate surface area is 108 Å². The molecule has 0 aliphatic rings. The summed E-state index contributed by atoms with van der Waals surface area (Å²) in [6.07, 6.45) is 8.66. The molecule has 1 N–H and O–H groups in total. The van der Waals surface area contributed by atoms with Gasteiger partial charge >= 0.3 is 0 Å². The van der Waals surface area contributed by atoms with Crippen molar-refractivity contribution in [2.45, 2.75) is 39.4 Å². The number of nitrogens with zero attached hydrogens (tertiary/aromatic N) is 3. The van der Waals surface area contributed by atoms with Gasteiger partial charge in [0.05, 0.1) is 12.0 Å². The first-order valence-corrected chi connectivity index (χ1v) is 6.43. The fourth-order valence-electron chi connectivity index (χ4n) is 1.95. The average Bonchev–Trinajstić information content (AvgIpc) is 2.85. The molecule has 1 atom stereocenters. The van der Waals surface area contributed by atoms with Crippen LogP contribution in [0, 0.1) is 0 Å². The lowest BCUT2D eigenvalue weighted by atomic mass is 10.1. The van der Waals surface area contributed by atoms with E-state index in [4.69, 9.17) is 0 Å². The molecule has 0 aromatic carbocycles. The highest BCUT2D eigenvalue weighted by molar-refractivity contribution is 5.13. The maximum atomic E-state index is 4.20.